The average Bonchev–Trinajstić information content (AvgIpc) is 2.52. The number of halogens is 1. The summed E-state index contributed by atoms with van der Waals surface area (Å²) >= 11 is 3.32. The quantitative estimate of drug-likeness (QED) is 0.795. The first kappa shape index (κ1) is 13.7. The van der Waals surface area contributed by atoms with Crippen LogP contribution in [0.15, 0.2) is 64.1 Å². The Morgan fingerprint density at radius 3 is 2.48 bits per heavy atom. The molecule has 0 bridgehead atoms. The maximum Gasteiger partial charge on any atom is 0.265 e. The molecule has 0 saturated carbocycles. The minimum Gasteiger partial charge on any atom is -0.309 e. The minimum atomic E-state index is -0.173. The maximum atomic E-state index is 12.1. The van der Waals surface area contributed by atoms with Gasteiger partial charge in [0, 0.05) is 24.4 Å². The highest BCUT2D eigenvalue weighted by Crippen LogP contribution is 2.23. The van der Waals surface area contributed by atoms with Gasteiger partial charge in [0.25, 0.3) is 5.56 Å². The molecule has 1 aromatic carbocycles. The van der Waals surface area contributed by atoms with Crippen LogP contribution in [0, 0.1) is 0 Å². The van der Waals surface area contributed by atoms with Gasteiger partial charge in [-0.25, -0.2) is 4.98 Å². The van der Waals surface area contributed by atoms with Gasteiger partial charge >= 0.3 is 0 Å². The Morgan fingerprint density at radius 2 is 1.76 bits per heavy atom. The van der Waals surface area contributed by atoms with Crippen molar-refractivity contribution in [2.24, 2.45) is 0 Å². The molecule has 5 heteroatoms. The van der Waals surface area contributed by atoms with Crippen LogP contribution in [-0.2, 0) is 6.42 Å². The molecule has 0 aliphatic carbocycles. The van der Waals surface area contributed by atoms with Crippen molar-refractivity contribution in [1.29, 1.82) is 0 Å². The molecule has 2 aromatic heterocycles. The van der Waals surface area contributed by atoms with E-state index in [2.05, 4.69) is 30.9 Å². The molecule has 2 heterocycles. The summed E-state index contributed by atoms with van der Waals surface area (Å²) in [5.74, 6) is 0.633. The average molecular weight is 342 g/mol. The normalized spacial score (nSPS) is 10.5. The first-order valence-corrected chi connectivity index (χ1v) is 7.26. The molecule has 4 nitrogen and oxygen atoms in total. The summed E-state index contributed by atoms with van der Waals surface area (Å²) in [6.07, 6.45) is 4.01. The molecule has 0 radical (unpaired) electrons. The second-order valence-electron chi connectivity index (χ2n) is 4.57. The Hall–Kier alpha value is -2.27. The third kappa shape index (κ3) is 3.08. The molecule has 0 atom stereocenters. The van der Waals surface area contributed by atoms with Crippen LogP contribution in [0.3, 0.4) is 0 Å². The van der Waals surface area contributed by atoms with Crippen molar-refractivity contribution in [2.45, 2.75) is 6.42 Å². The highest BCUT2D eigenvalue weighted by Gasteiger charge is 2.11. The molecule has 0 fully saturated rings. The molecule has 21 heavy (non-hydrogen) atoms. The van der Waals surface area contributed by atoms with Gasteiger partial charge in [-0.3, -0.25) is 9.78 Å². The minimum absolute atomic E-state index is 0.173. The number of rotatable bonds is 3. The Balaban J connectivity index is 2.04. The lowest BCUT2D eigenvalue weighted by molar-refractivity contribution is 0.940. The van der Waals surface area contributed by atoms with Crippen molar-refractivity contribution in [2.75, 3.05) is 0 Å². The van der Waals surface area contributed by atoms with E-state index in [1.807, 2.05) is 42.5 Å². The lowest BCUT2D eigenvalue weighted by Gasteiger charge is -2.07. The van der Waals surface area contributed by atoms with Crippen LogP contribution >= 0.6 is 15.9 Å². The van der Waals surface area contributed by atoms with Gasteiger partial charge in [-0.1, -0.05) is 30.3 Å². The molecule has 3 rings (SSSR count). The largest absolute Gasteiger partial charge is 0.309 e. The standard InChI is InChI=1S/C16H12BrN3O/c17-14-15(12-4-2-1-3-5-12)19-13(20-16(14)21)10-11-6-8-18-9-7-11/h1-9H,10H2,(H,19,20,21). The van der Waals surface area contributed by atoms with Crippen LogP contribution in [0.25, 0.3) is 11.3 Å². The van der Waals surface area contributed by atoms with E-state index in [1.165, 1.54) is 0 Å². The number of aromatic nitrogens is 3. The van der Waals surface area contributed by atoms with Gasteiger partial charge in [0.1, 0.15) is 10.3 Å². The number of pyridine rings is 1. The molecule has 104 valence electrons. The predicted molar refractivity (Wildman–Crippen MR) is 85.0 cm³/mol. The zero-order chi connectivity index (χ0) is 14.7. The van der Waals surface area contributed by atoms with E-state index in [0.717, 1.165) is 11.1 Å². The van der Waals surface area contributed by atoms with Crippen molar-refractivity contribution in [3.8, 4) is 11.3 Å². The Kier molecular flexibility index (Phi) is 3.92. The molecule has 1 N–H and O–H groups in total. The predicted octanol–water partition coefficient (Wildman–Crippen LogP) is 3.19. The first-order chi connectivity index (χ1) is 10.2. The lowest BCUT2D eigenvalue weighted by Crippen LogP contribution is -2.14. The Bertz CT molecular complexity index is 801. The molecule has 0 spiro atoms. The fourth-order valence-electron chi connectivity index (χ4n) is 2.07. The van der Waals surface area contributed by atoms with Gasteiger partial charge in [-0.15, -0.1) is 0 Å². The Morgan fingerprint density at radius 1 is 1.05 bits per heavy atom. The summed E-state index contributed by atoms with van der Waals surface area (Å²) in [5, 5.41) is 0. The molecule has 3 aromatic rings. The molecular formula is C16H12BrN3O. The van der Waals surface area contributed by atoms with E-state index in [-0.39, 0.29) is 5.56 Å². The Labute approximate surface area is 130 Å². The highest BCUT2D eigenvalue weighted by molar-refractivity contribution is 9.10. The van der Waals surface area contributed by atoms with E-state index in [9.17, 15) is 4.79 Å². The fourth-order valence-corrected chi connectivity index (χ4v) is 2.49. The molecular weight excluding hydrogens is 330 g/mol. The van der Waals surface area contributed by atoms with Crippen molar-refractivity contribution >= 4 is 15.9 Å². The zero-order valence-corrected chi connectivity index (χ0v) is 12.7. The van der Waals surface area contributed by atoms with Gasteiger partial charge in [0.05, 0.1) is 5.69 Å². The fraction of sp³-hybridized carbons (Fsp3) is 0.0625. The van der Waals surface area contributed by atoms with Gasteiger partial charge in [0.15, 0.2) is 0 Å². The van der Waals surface area contributed by atoms with Crippen LogP contribution in [0.5, 0.6) is 0 Å². The van der Waals surface area contributed by atoms with Crippen LogP contribution < -0.4 is 5.56 Å². The van der Waals surface area contributed by atoms with Crippen LogP contribution in [0.4, 0.5) is 0 Å². The number of nitrogens with one attached hydrogen (secondary N) is 1. The number of H-pyrrole nitrogens is 1. The van der Waals surface area contributed by atoms with Crippen LogP contribution in [0.2, 0.25) is 0 Å². The van der Waals surface area contributed by atoms with Gasteiger partial charge in [0.2, 0.25) is 0 Å². The highest BCUT2D eigenvalue weighted by atomic mass is 79.9. The first-order valence-electron chi connectivity index (χ1n) is 6.47. The number of benzene rings is 1. The number of nitrogens with zero attached hydrogens (tertiary/aromatic N) is 2. The van der Waals surface area contributed by atoms with E-state index < -0.39 is 0 Å². The van der Waals surface area contributed by atoms with Crippen molar-refractivity contribution in [1.82, 2.24) is 15.0 Å². The van der Waals surface area contributed by atoms with Crippen LogP contribution in [-0.4, -0.2) is 15.0 Å². The lowest BCUT2D eigenvalue weighted by atomic mass is 10.1. The summed E-state index contributed by atoms with van der Waals surface area (Å²) < 4.78 is 0.451. The monoisotopic (exact) mass is 341 g/mol. The van der Waals surface area contributed by atoms with Crippen LogP contribution in [0.1, 0.15) is 11.4 Å². The van der Waals surface area contributed by atoms with E-state index in [1.54, 1.807) is 12.4 Å². The number of aromatic amines is 1. The third-order valence-corrected chi connectivity index (χ3v) is 3.82. The summed E-state index contributed by atoms with van der Waals surface area (Å²) in [6.45, 7) is 0. The van der Waals surface area contributed by atoms with E-state index in [4.69, 9.17) is 0 Å². The summed E-state index contributed by atoms with van der Waals surface area (Å²) in [6, 6.07) is 13.5. The number of hydrogen-bond donors (Lipinski definition) is 1. The summed E-state index contributed by atoms with van der Waals surface area (Å²) in [4.78, 5) is 23.4. The van der Waals surface area contributed by atoms with E-state index >= 15 is 0 Å². The van der Waals surface area contributed by atoms with Gasteiger partial charge < -0.3 is 4.98 Å². The topological polar surface area (TPSA) is 58.6 Å². The van der Waals surface area contributed by atoms with Crippen molar-refractivity contribution in [3.63, 3.8) is 0 Å². The summed E-state index contributed by atoms with van der Waals surface area (Å²) in [5.41, 5.74) is 2.44. The van der Waals surface area contributed by atoms with E-state index in [0.29, 0.717) is 22.4 Å². The molecule has 0 aliphatic rings. The molecule has 0 amide bonds. The SMILES string of the molecule is O=c1[nH]c(Cc2ccncc2)nc(-c2ccccc2)c1Br. The van der Waals surface area contributed by atoms with Crippen molar-refractivity contribution in [3.05, 3.63) is 81.1 Å². The third-order valence-electron chi connectivity index (χ3n) is 3.08. The van der Waals surface area contributed by atoms with Gasteiger partial charge in [-0.05, 0) is 33.6 Å². The van der Waals surface area contributed by atoms with Gasteiger partial charge in [-0.2, -0.15) is 0 Å². The zero-order valence-electron chi connectivity index (χ0n) is 11.1. The molecule has 0 aliphatic heterocycles. The second-order valence-corrected chi connectivity index (χ2v) is 5.37. The summed E-state index contributed by atoms with van der Waals surface area (Å²) in [7, 11) is 0. The molecule has 0 unspecified atom stereocenters. The molecule has 0 saturated heterocycles. The smallest absolute Gasteiger partial charge is 0.265 e. The van der Waals surface area contributed by atoms with Crippen molar-refractivity contribution < 1.29 is 0 Å². The second kappa shape index (κ2) is 6.01. The number of hydrogen-bond acceptors (Lipinski definition) is 3. The maximum absolute atomic E-state index is 12.1.